The smallest absolute Gasteiger partial charge is 0.410 e. The number of piperidine rings is 1. The summed E-state index contributed by atoms with van der Waals surface area (Å²) in [5.74, 6) is 1.11. The Bertz CT molecular complexity index is 867. The number of rotatable bonds is 7. The number of amides is 2. The zero-order chi connectivity index (χ0) is 26.5. The summed E-state index contributed by atoms with van der Waals surface area (Å²) in [6.45, 7) is 15.4. The van der Waals surface area contributed by atoms with Crippen LogP contribution >= 0.6 is 0 Å². The van der Waals surface area contributed by atoms with Crippen LogP contribution in [-0.2, 0) is 16.0 Å². The van der Waals surface area contributed by atoms with Gasteiger partial charge in [0.05, 0.1) is 38.8 Å². The van der Waals surface area contributed by atoms with E-state index in [0.717, 1.165) is 49.1 Å². The zero-order valence-electron chi connectivity index (χ0n) is 23.2. The lowest BCUT2D eigenvalue weighted by Gasteiger charge is -2.48. The van der Waals surface area contributed by atoms with Crippen LogP contribution in [0.3, 0.4) is 0 Å². The lowest BCUT2D eigenvalue weighted by Crippen LogP contribution is -2.62. The van der Waals surface area contributed by atoms with E-state index in [1.807, 2.05) is 37.8 Å². The molecule has 1 aromatic rings. The highest BCUT2D eigenvalue weighted by atomic mass is 16.6. The first kappa shape index (κ1) is 28.3. The molecule has 2 heterocycles. The second-order valence-electron chi connectivity index (χ2n) is 11.5. The number of likely N-dealkylation sites (N-methyl/N-ethyl adjacent to an activating group) is 1. The maximum atomic E-state index is 13.2. The normalized spacial score (nSPS) is 24.7. The predicted octanol–water partition coefficient (Wildman–Crippen LogP) is 3.28. The second-order valence-corrected chi connectivity index (χ2v) is 11.5. The number of piperazine rings is 1. The topological polar surface area (TPSA) is 85.1 Å². The lowest BCUT2D eigenvalue weighted by molar-refractivity contribution is -0.953. The monoisotopic (exact) mass is 503 g/mol. The van der Waals surface area contributed by atoms with Gasteiger partial charge in [0.15, 0.2) is 0 Å². The van der Waals surface area contributed by atoms with E-state index in [1.54, 1.807) is 12.0 Å². The van der Waals surface area contributed by atoms with Crippen LogP contribution < -0.4 is 10.5 Å². The SMILES string of the molecule is CC[N+]1(C(C)Cc2ccc(OC)cc2)CCC(C(N)C(=O)N2CCN(C(=O)OC(C)(C)C)CC2)CC1. The summed E-state index contributed by atoms with van der Waals surface area (Å²) in [5.41, 5.74) is 7.35. The summed E-state index contributed by atoms with van der Waals surface area (Å²) in [4.78, 5) is 29.0. The second kappa shape index (κ2) is 11.8. The molecule has 2 saturated heterocycles. The molecule has 2 aliphatic rings. The first-order chi connectivity index (χ1) is 17.0. The van der Waals surface area contributed by atoms with Gasteiger partial charge in [-0.3, -0.25) is 4.79 Å². The summed E-state index contributed by atoms with van der Waals surface area (Å²) < 4.78 is 11.8. The van der Waals surface area contributed by atoms with E-state index < -0.39 is 11.6 Å². The quantitative estimate of drug-likeness (QED) is 0.577. The number of methoxy groups -OCH3 is 1. The molecule has 202 valence electrons. The number of benzene rings is 1. The van der Waals surface area contributed by atoms with Crippen LogP contribution in [0, 0.1) is 5.92 Å². The largest absolute Gasteiger partial charge is 0.497 e. The zero-order valence-corrected chi connectivity index (χ0v) is 23.2. The highest BCUT2D eigenvalue weighted by Crippen LogP contribution is 2.30. The molecular weight excluding hydrogens is 456 g/mol. The van der Waals surface area contributed by atoms with Crippen LogP contribution in [0.2, 0.25) is 0 Å². The molecule has 0 aliphatic carbocycles. The van der Waals surface area contributed by atoms with Crippen molar-refractivity contribution in [1.82, 2.24) is 9.80 Å². The van der Waals surface area contributed by atoms with E-state index in [-0.39, 0.29) is 17.9 Å². The Balaban J connectivity index is 1.50. The van der Waals surface area contributed by atoms with Crippen molar-refractivity contribution in [3.8, 4) is 5.75 Å². The van der Waals surface area contributed by atoms with Crippen molar-refractivity contribution < 1.29 is 23.5 Å². The molecule has 1 aromatic carbocycles. The van der Waals surface area contributed by atoms with Crippen molar-refractivity contribution in [2.75, 3.05) is 52.9 Å². The fourth-order valence-corrected chi connectivity index (χ4v) is 5.67. The number of carbonyl (C=O) groups is 2. The lowest BCUT2D eigenvalue weighted by atomic mass is 9.86. The standard InChI is InChI=1S/C28H47N4O4/c1-7-32(21(2)20-22-8-10-24(35-6)11-9-22)18-12-23(13-19-32)25(29)26(33)30-14-16-31(17-15-30)27(34)36-28(3,4)5/h8-11,21,23,25H,7,12-20,29H2,1-6H3/q+1. The van der Waals surface area contributed by atoms with Gasteiger partial charge >= 0.3 is 6.09 Å². The molecular formula is C28H47N4O4+. The molecule has 0 spiro atoms. The maximum absolute atomic E-state index is 13.2. The van der Waals surface area contributed by atoms with Gasteiger partial charge in [0.25, 0.3) is 0 Å². The van der Waals surface area contributed by atoms with Crippen LogP contribution in [0.1, 0.15) is 53.0 Å². The van der Waals surface area contributed by atoms with Gasteiger partial charge in [0.1, 0.15) is 11.4 Å². The molecule has 2 aliphatic heterocycles. The number of nitrogens with zero attached hydrogens (tertiary/aromatic N) is 3. The molecule has 2 N–H and O–H groups in total. The predicted molar refractivity (Wildman–Crippen MR) is 142 cm³/mol. The van der Waals surface area contributed by atoms with Gasteiger partial charge in [-0.15, -0.1) is 0 Å². The number of likely N-dealkylation sites (tertiary alicyclic amines) is 1. The molecule has 2 fully saturated rings. The third kappa shape index (κ3) is 6.91. The molecule has 2 unspecified atom stereocenters. The average molecular weight is 504 g/mol. The Morgan fingerprint density at radius 3 is 2.11 bits per heavy atom. The van der Waals surface area contributed by atoms with Crippen molar-refractivity contribution in [2.24, 2.45) is 11.7 Å². The molecule has 2 amide bonds. The van der Waals surface area contributed by atoms with Crippen LogP contribution in [0.5, 0.6) is 5.75 Å². The number of quaternary nitrogens is 1. The Labute approximate surface area is 217 Å². The third-order valence-electron chi connectivity index (χ3n) is 8.18. The molecule has 8 nitrogen and oxygen atoms in total. The number of carbonyl (C=O) groups excluding carboxylic acids is 2. The van der Waals surface area contributed by atoms with Gasteiger partial charge in [-0.1, -0.05) is 12.1 Å². The number of hydrogen-bond donors (Lipinski definition) is 1. The van der Waals surface area contributed by atoms with Gasteiger partial charge in [0.2, 0.25) is 5.91 Å². The molecule has 3 rings (SSSR count). The van der Waals surface area contributed by atoms with Crippen molar-refractivity contribution in [3.05, 3.63) is 29.8 Å². The van der Waals surface area contributed by atoms with Crippen LogP contribution in [-0.4, -0.2) is 96.9 Å². The average Bonchev–Trinajstić information content (AvgIpc) is 2.87. The number of hydrogen-bond acceptors (Lipinski definition) is 5. The van der Waals surface area contributed by atoms with Gasteiger partial charge in [-0.2, -0.15) is 0 Å². The Morgan fingerprint density at radius 2 is 1.61 bits per heavy atom. The van der Waals surface area contributed by atoms with Crippen molar-refractivity contribution in [2.45, 2.75) is 71.6 Å². The fourth-order valence-electron chi connectivity index (χ4n) is 5.67. The summed E-state index contributed by atoms with van der Waals surface area (Å²) in [5, 5.41) is 0. The van der Waals surface area contributed by atoms with Gasteiger partial charge < -0.3 is 29.5 Å². The van der Waals surface area contributed by atoms with Gasteiger partial charge in [-0.05, 0) is 58.2 Å². The molecule has 0 saturated carbocycles. The Kier molecular flexibility index (Phi) is 9.28. The summed E-state index contributed by atoms with van der Waals surface area (Å²) in [6, 6.07) is 8.40. The minimum atomic E-state index is -0.522. The Morgan fingerprint density at radius 1 is 1.06 bits per heavy atom. The molecule has 2 atom stereocenters. The number of ether oxygens (including phenoxy) is 2. The maximum Gasteiger partial charge on any atom is 0.410 e. The number of nitrogens with two attached hydrogens (primary N) is 1. The fraction of sp³-hybridized carbons (Fsp3) is 0.714. The van der Waals surface area contributed by atoms with Gasteiger partial charge in [0, 0.05) is 45.4 Å². The highest BCUT2D eigenvalue weighted by Gasteiger charge is 2.41. The molecule has 36 heavy (non-hydrogen) atoms. The van der Waals surface area contributed by atoms with Crippen LogP contribution in [0.25, 0.3) is 0 Å². The van der Waals surface area contributed by atoms with Crippen molar-refractivity contribution in [1.29, 1.82) is 0 Å². The van der Waals surface area contributed by atoms with Crippen LogP contribution in [0.4, 0.5) is 4.79 Å². The Hall–Kier alpha value is -2.32. The third-order valence-corrected chi connectivity index (χ3v) is 8.18. The molecule has 8 heteroatoms. The van der Waals surface area contributed by atoms with E-state index in [9.17, 15) is 9.59 Å². The van der Waals surface area contributed by atoms with E-state index in [0.29, 0.717) is 32.2 Å². The summed E-state index contributed by atoms with van der Waals surface area (Å²) in [6.07, 6.45) is 2.63. The van der Waals surface area contributed by atoms with E-state index in [2.05, 4.69) is 26.0 Å². The van der Waals surface area contributed by atoms with Crippen molar-refractivity contribution in [3.63, 3.8) is 0 Å². The van der Waals surface area contributed by atoms with E-state index in [4.69, 9.17) is 15.2 Å². The summed E-state index contributed by atoms with van der Waals surface area (Å²) >= 11 is 0. The van der Waals surface area contributed by atoms with Crippen LogP contribution in [0.15, 0.2) is 24.3 Å². The first-order valence-electron chi connectivity index (χ1n) is 13.5. The highest BCUT2D eigenvalue weighted by molar-refractivity contribution is 5.82. The minimum Gasteiger partial charge on any atom is -0.497 e. The van der Waals surface area contributed by atoms with E-state index >= 15 is 0 Å². The van der Waals surface area contributed by atoms with Gasteiger partial charge in [-0.25, -0.2) is 4.79 Å². The molecule has 0 bridgehead atoms. The van der Waals surface area contributed by atoms with Crippen molar-refractivity contribution >= 4 is 12.0 Å². The molecule has 0 radical (unpaired) electrons. The molecule has 0 aromatic heterocycles. The first-order valence-corrected chi connectivity index (χ1v) is 13.5. The summed E-state index contributed by atoms with van der Waals surface area (Å²) in [7, 11) is 1.69. The van der Waals surface area contributed by atoms with E-state index in [1.165, 1.54) is 5.56 Å². The minimum absolute atomic E-state index is 0.0200.